The highest BCUT2D eigenvalue weighted by molar-refractivity contribution is 8.00. The first-order chi connectivity index (χ1) is 11.2. The van der Waals surface area contributed by atoms with E-state index >= 15 is 0 Å². The summed E-state index contributed by atoms with van der Waals surface area (Å²) in [5.74, 6) is 1.42. The second-order valence-electron chi connectivity index (χ2n) is 5.28. The second kappa shape index (κ2) is 9.26. The van der Waals surface area contributed by atoms with Crippen LogP contribution in [-0.4, -0.2) is 25.3 Å². The molecule has 2 aromatic rings. The van der Waals surface area contributed by atoms with Crippen molar-refractivity contribution < 1.29 is 9.53 Å². The molecule has 0 aliphatic rings. The third-order valence-electron chi connectivity index (χ3n) is 3.64. The summed E-state index contributed by atoms with van der Waals surface area (Å²) in [7, 11) is 1.67. The van der Waals surface area contributed by atoms with Crippen LogP contribution in [0.15, 0.2) is 54.6 Å². The molecule has 1 N–H and O–H groups in total. The quantitative estimate of drug-likeness (QED) is 0.799. The molecule has 0 radical (unpaired) electrons. The number of thioether (sulfide) groups is 1. The van der Waals surface area contributed by atoms with Crippen molar-refractivity contribution in [2.75, 3.05) is 19.4 Å². The summed E-state index contributed by atoms with van der Waals surface area (Å²) >= 11 is 1.65. The molecule has 0 heterocycles. The number of carbonyl (C=O) groups is 1. The molecule has 0 saturated carbocycles. The maximum Gasteiger partial charge on any atom is 0.230 e. The van der Waals surface area contributed by atoms with Crippen molar-refractivity contribution in [2.45, 2.75) is 18.6 Å². The molecule has 0 fully saturated rings. The van der Waals surface area contributed by atoms with Gasteiger partial charge in [0.25, 0.3) is 0 Å². The molecule has 2 aromatic carbocycles. The number of rotatable bonds is 8. The molecule has 3 nitrogen and oxygen atoms in total. The predicted molar refractivity (Wildman–Crippen MR) is 97.0 cm³/mol. The van der Waals surface area contributed by atoms with Gasteiger partial charge >= 0.3 is 0 Å². The minimum Gasteiger partial charge on any atom is -0.496 e. The van der Waals surface area contributed by atoms with Crippen LogP contribution in [0.4, 0.5) is 0 Å². The number of carbonyl (C=O) groups excluding carboxylic acids is 1. The maximum atomic E-state index is 12.0. The van der Waals surface area contributed by atoms with Crippen LogP contribution in [0.3, 0.4) is 0 Å². The van der Waals surface area contributed by atoms with Crippen molar-refractivity contribution in [3.8, 4) is 5.75 Å². The minimum absolute atomic E-state index is 0.0766. The van der Waals surface area contributed by atoms with Crippen LogP contribution in [0.2, 0.25) is 0 Å². The fraction of sp³-hybridized carbons (Fsp3) is 0.316. The summed E-state index contributed by atoms with van der Waals surface area (Å²) in [5, 5.41) is 3.29. The van der Waals surface area contributed by atoms with Crippen molar-refractivity contribution >= 4 is 17.7 Å². The van der Waals surface area contributed by atoms with E-state index in [1.165, 1.54) is 5.56 Å². The first kappa shape index (κ1) is 17.4. The molecule has 4 heteroatoms. The Hall–Kier alpha value is -1.94. The van der Waals surface area contributed by atoms with E-state index in [1.807, 2.05) is 42.5 Å². The van der Waals surface area contributed by atoms with Crippen LogP contribution in [0.25, 0.3) is 0 Å². The van der Waals surface area contributed by atoms with Crippen molar-refractivity contribution in [3.63, 3.8) is 0 Å². The van der Waals surface area contributed by atoms with E-state index in [0.29, 0.717) is 17.5 Å². The molecule has 0 aliphatic heterocycles. The molecule has 122 valence electrons. The van der Waals surface area contributed by atoms with Gasteiger partial charge in [0.1, 0.15) is 5.75 Å². The lowest BCUT2D eigenvalue weighted by Crippen LogP contribution is -2.27. The predicted octanol–water partition coefficient (Wildman–Crippen LogP) is 3.85. The molecule has 1 atom stereocenters. The van der Waals surface area contributed by atoms with Crippen LogP contribution in [0, 0.1) is 0 Å². The van der Waals surface area contributed by atoms with Crippen molar-refractivity contribution in [1.82, 2.24) is 5.32 Å². The van der Waals surface area contributed by atoms with Gasteiger partial charge in [-0.25, -0.2) is 0 Å². The summed E-state index contributed by atoms with van der Waals surface area (Å²) in [6, 6.07) is 18.1. The van der Waals surface area contributed by atoms with Gasteiger partial charge in [0.05, 0.1) is 12.9 Å². The van der Waals surface area contributed by atoms with Crippen molar-refractivity contribution in [2.24, 2.45) is 0 Å². The zero-order chi connectivity index (χ0) is 16.5. The maximum absolute atomic E-state index is 12.0. The highest BCUT2D eigenvalue weighted by atomic mass is 32.2. The normalized spacial score (nSPS) is 11.7. The smallest absolute Gasteiger partial charge is 0.230 e. The van der Waals surface area contributed by atoms with Crippen molar-refractivity contribution in [1.29, 1.82) is 0 Å². The molecule has 0 spiro atoms. The van der Waals surface area contributed by atoms with Crippen LogP contribution in [0.1, 0.15) is 23.3 Å². The number of benzene rings is 2. The number of methoxy groups -OCH3 is 1. The third-order valence-corrected chi connectivity index (χ3v) is 4.84. The standard InChI is InChI=1S/C19H23NO2S/c1-15(16-8-4-3-5-9-16)23-14-19(21)20-13-12-17-10-6-7-11-18(17)22-2/h3-11,15H,12-14H2,1-2H3,(H,20,21). The van der Waals surface area contributed by atoms with E-state index in [1.54, 1.807) is 18.9 Å². The SMILES string of the molecule is COc1ccccc1CCNC(=O)CSC(C)c1ccccc1. The highest BCUT2D eigenvalue weighted by Gasteiger charge is 2.09. The summed E-state index contributed by atoms with van der Waals surface area (Å²) in [4.78, 5) is 12.0. The molecule has 2 rings (SSSR count). The van der Waals surface area contributed by atoms with Crippen LogP contribution in [0.5, 0.6) is 5.75 Å². The number of hydrogen-bond acceptors (Lipinski definition) is 3. The zero-order valence-corrected chi connectivity index (χ0v) is 14.4. The fourth-order valence-corrected chi connectivity index (χ4v) is 3.17. The average molecular weight is 329 g/mol. The average Bonchev–Trinajstić information content (AvgIpc) is 2.61. The Balaban J connectivity index is 1.71. The summed E-state index contributed by atoms with van der Waals surface area (Å²) in [6.07, 6.45) is 0.772. The van der Waals surface area contributed by atoms with Gasteiger partial charge in [-0.2, -0.15) is 0 Å². The Kier molecular flexibility index (Phi) is 7.01. The van der Waals surface area contributed by atoms with Gasteiger partial charge in [-0.05, 0) is 30.5 Å². The molecule has 0 saturated heterocycles. The zero-order valence-electron chi connectivity index (χ0n) is 13.6. The Morgan fingerprint density at radius 3 is 2.57 bits per heavy atom. The van der Waals surface area contributed by atoms with E-state index in [2.05, 4.69) is 24.4 Å². The minimum atomic E-state index is 0.0766. The second-order valence-corrected chi connectivity index (χ2v) is 6.60. The third kappa shape index (κ3) is 5.64. The fourth-order valence-electron chi connectivity index (χ4n) is 2.32. The van der Waals surface area contributed by atoms with E-state index < -0.39 is 0 Å². The number of ether oxygens (including phenoxy) is 1. The lowest BCUT2D eigenvalue weighted by Gasteiger charge is -2.12. The highest BCUT2D eigenvalue weighted by Crippen LogP contribution is 2.27. The summed E-state index contributed by atoms with van der Waals surface area (Å²) < 4.78 is 5.31. The molecule has 0 aliphatic carbocycles. The topological polar surface area (TPSA) is 38.3 Å². The van der Waals surface area contributed by atoms with Gasteiger partial charge in [0, 0.05) is 11.8 Å². The number of para-hydroxylation sites is 1. The first-order valence-corrected chi connectivity index (χ1v) is 8.80. The van der Waals surface area contributed by atoms with Crippen LogP contribution >= 0.6 is 11.8 Å². The molecular weight excluding hydrogens is 306 g/mol. The number of nitrogens with one attached hydrogen (secondary N) is 1. The van der Waals surface area contributed by atoms with E-state index in [4.69, 9.17) is 4.74 Å². The molecule has 1 amide bonds. The Labute approximate surface area is 142 Å². The number of amides is 1. The number of hydrogen-bond donors (Lipinski definition) is 1. The van der Waals surface area contributed by atoms with Gasteiger partial charge in [0.2, 0.25) is 5.91 Å². The van der Waals surface area contributed by atoms with Gasteiger partial charge in [-0.1, -0.05) is 48.5 Å². The van der Waals surface area contributed by atoms with Gasteiger partial charge in [-0.3, -0.25) is 4.79 Å². The molecule has 0 bridgehead atoms. The summed E-state index contributed by atoms with van der Waals surface area (Å²) in [5.41, 5.74) is 2.36. The molecule has 23 heavy (non-hydrogen) atoms. The lowest BCUT2D eigenvalue weighted by molar-refractivity contribution is -0.118. The van der Waals surface area contributed by atoms with Crippen LogP contribution in [-0.2, 0) is 11.2 Å². The van der Waals surface area contributed by atoms with Gasteiger partial charge in [-0.15, -0.1) is 11.8 Å². The van der Waals surface area contributed by atoms with E-state index in [-0.39, 0.29) is 5.91 Å². The Bertz CT molecular complexity index is 616. The summed E-state index contributed by atoms with van der Waals surface area (Å²) in [6.45, 7) is 2.75. The first-order valence-electron chi connectivity index (χ1n) is 7.76. The van der Waals surface area contributed by atoms with Crippen LogP contribution < -0.4 is 10.1 Å². The molecular formula is C19H23NO2S. The van der Waals surface area contributed by atoms with Gasteiger partial charge < -0.3 is 10.1 Å². The van der Waals surface area contributed by atoms with E-state index in [0.717, 1.165) is 17.7 Å². The lowest BCUT2D eigenvalue weighted by atomic mass is 10.1. The monoisotopic (exact) mass is 329 g/mol. The van der Waals surface area contributed by atoms with Crippen molar-refractivity contribution in [3.05, 3.63) is 65.7 Å². The molecule has 0 aromatic heterocycles. The Morgan fingerprint density at radius 1 is 1.13 bits per heavy atom. The molecule has 1 unspecified atom stereocenters. The largest absolute Gasteiger partial charge is 0.496 e. The Morgan fingerprint density at radius 2 is 1.83 bits per heavy atom. The van der Waals surface area contributed by atoms with Gasteiger partial charge in [0.15, 0.2) is 0 Å². The van der Waals surface area contributed by atoms with E-state index in [9.17, 15) is 4.79 Å².